The molecule has 0 spiro atoms. The van der Waals surface area contributed by atoms with Gasteiger partial charge in [0, 0.05) is 5.41 Å². The number of allylic oxidation sites excluding steroid dienone is 1. The zero-order valence-corrected chi connectivity index (χ0v) is 25.2. The third-order valence-corrected chi connectivity index (χ3v) is 7.46. The van der Waals surface area contributed by atoms with Gasteiger partial charge < -0.3 is 5.11 Å². The fourth-order valence-electron chi connectivity index (χ4n) is 4.81. The van der Waals surface area contributed by atoms with E-state index in [0.29, 0.717) is 0 Å². The summed E-state index contributed by atoms with van der Waals surface area (Å²) in [6.45, 7) is 16.6. The summed E-state index contributed by atoms with van der Waals surface area (Å²) in [5.74, 6) is 0. The van der Waals surface area contributed by atoms with Crippen molar-refractivity contribution in [3.63, 3.8) is 0 Å². The zero-order chi connectivity index (χ0) is 27.8. The molecule has 0 radical (unpaired) electrons. The molecule has 1 aliphatic rings. The van der Waals surface area contributed by atoms with Crippen LogP contribution in [0.15, 0.2) is 42.5 Å². The van der Waals surface area contributed by atoms with E-state index in [2.05, 4.69) is 71.0 Å². The first kappa shape index (κ1) is 33.1. The third-order valence-electron chi connectivity index (χ3n) is 7.46. The maximum Gasteiger partial charge on any atom is 0.116 e. The van der Waals surface area contributed by atoms with Gasteiger partial charge in [-0.1, -0.05) is 115 Å². The van der Waals surface area contributed by atoms with Crippen molar-refractivity contribution in [3.8, 4) is 0 Å². The largest absolute Gasteiger partial charge is 0.393 e. The van der Waals surface area contributed by atoms with Gasteiger partial charge in [0.1, 0.15) is 6.17 Å². The van der Waals surface area contributed by atoms with Crippen LogP contribution in [0.25, 0.3) is 6.08 Å². The van der Waals surface area contributed by atoms with Crippen molar-refractivity contribution in [2.75, 3.05) is 0 Å². The summed E-state index contributed by atoms with van der Waals surface area (Å²) in [5.41, 5.74) is 7.55. The Morgan fingerprint density at radius 3 is 1.92 bits per heavy atom. The highest BCUT2D eigenvalue weighted by atomic mass is 19.1. The van der Waals surface area contributed by atoms with E-state index in [0.717, 1.165) is 50.5 Å². The van der Waals surface area contributed by atoms with Crippen LogP contribution in [0.1, 0.15) is 133 Å². The minimum absolute atomic E-state index is 0.0374. The lowest BCUT2D eigenvalue weighted by Crippen LogP contribution is -2.26. The molecule has 2 aromatic rings. The number of halogens is 1. The van der Waals surface area contributed by atoms with Gasteiger partial charge >= 0.3 is 0 Å². The predicted molar refractivity (Wildman–Crippen MR) is 162 cm³/mol. The lowest BCUT2D eigenvalue weighted by molar-refractivity contribution is 0.152. The Bertz CT molecular complexity index is 918. The number of aliphatic hydroxyl groups is 1. The number of rotatable bonds is 12. The van der Waals surface area contributed by atoms with Crippen molar-refractivity contribution >= 4 is 6.08 Å². The smallest absolute Gasteiger partial charge is 0.116 e. The molecule has 2 aromatic carbocycles. The van der Waals surface area contributed by atoms with Crippen LogP contribution in [-0.4, -0.2) is 17.4 Å². The molecule has 0 saturated heterocycles. The molecular formula is C35H55FO. The van der Waals surface area contributed by atoms with Crippen LogP contribution >= 0.6 is 0 Å². The molecule has 0 heterocycles. The van der Waals surface area contributed by atoms with Gasteiger partial charge in [-0.05, 0) is 86.3 Å². The molecular weight excluding hydrogens is 455 g/mol. The summed E-state index contributed by atoms with van der Waals surface area (Å²) < 4.78 is 13.2. The summed E-state index contributed by atoms with van der Waals surface area (Å²) >= 11 is 0. The van der Waals surface area contributed by atoms with Crippen LogP contribution in [0, 0.1) is 13.8 Å². The zero-order valence-electron chi connectivity index (χ0n) is 25.2. The fraction of sp³-hybridized carbons (Fsp3) is 0.600. The van der Waals surface area contributed by atoms with Crippen LogP contribution in [-0.2, 0) is 11.8 Å². The molecule has 0 aliphatic heterocycles. The number of alkyl halides is 1. The van der Waals surface area contributed by atoms with Crippen LogP contribution in [0.2, 0.25) is 0 Å². The second-order valence-corrected chi connectivity index (χ2v) is 10.4. The standard InChI is InChI=1S/C30H43FO.C3H6.C2H6/c1-7-10-11-29(32)19-16-26-15-18-28(21-23(26)5)30(8-2,9-3)27-17-14-25(22(4)20-27)13-12-24(6)31;1-2-3-1;1-2/h12-15,17-18,20-21,24,29,32H,7-11,16,19H2,1-6H3;1-3H2;1-2H3/b13-12+;;. The Morgan fingerprint density at radius 1 is 0.892 bits per heavy atom. The predicted octanol–water partition coefficient (Wildman–Crippen LogP) is 10.5. The monoisotopic (exact) mass is 510 g/mol. The van der Waals surface area contributed by atoms with E-state index in [1.54, 1.807) is 13.0 Å². The molecule has 2 atom stereocenters. The summed E-state index contributed by atoms with van der Waals surface area (Å²) in [6.07, 6.45) is 13.8. The van der Waals surface area contributed by atoms with Crippen molar-refractivity contribution in [1.29, 1.82) is 0 Å². The molecule has 0 bridgehead atoms. The topological polar surface area (TPSA) is 20.2 Å². The van der Waals surface area contributed by atoms with Gasteiger partial charge in [-0.3, -0.25) is 0 Å². The summed E-state index contributed by atoms with van der Waals surface area (Å²) in [4.78, 5) is 0. The highest BCUT2D eigenvalue weighted by molar-refractivity contribution is 5.56. The summed E-state index contributed by atoms with van der Waals surface area (Å²) in [6, 6.07) is 13.5. The Kier molecular flexibility index (Phi) is 15.7. The SMILES string of the molecule is C1CC1.CC.CCCCC(O)CCc1ccc(C(CC)(CC)c2ccc(/C=C/C(C)F)c(C)c2)cc1C. The van der Waals surface area contributed by atoms with E-state index >= 15 is 0 Å². The van der Waals surface area contributed by atoms with Crippen LogP contribution in [0.5, 0.6) is 0 Å². The Labute approximate surface area is 228 Å². The van der Waals surface area contributed by atoms with Crippen LogP contribution < -0.4 is 0 Å². The van der Waals surface area contributed by atoms with E-state index in [1.807, 2.05) is 19.9 Å². The van der Waals surface area contributed by atoms with Crippen molar-refractivity contribution in [2.45, 2.75) is 137 Å². The molecule has 0 amide bonds. The van der Waals surface area contributed by atoms with Crippen LogP contribution in [0.3, 0.4) is 0 Å². The van der Waals surface area contributed by atoms with E-state index in [-0.39, 0.29) is 11.5 Å². The average molecular weight is 511 g/mol. The highest BCUT2D eigenvalue weighted by Crippen LogP contribution is 2.40. The molecule has 1 fully saturated rings. The van der Waals surface area contributed by atoms with Crippen molar-refractivity contribution < 1.29 is 9.50 Å². The first-order valence-corrected chi connectivity index (χ1v) is 15.0. The van der Waals surface area contributed by atoms with Gasteiger partial charge in [0.25, 0.3) is 0 Å². The number of hydrogen-bond donors (Lipinski definition) is 1. The minimum atomic E-state index is -0.936. The quantitative estimate of drug-likeness (QED) is 0.301. The van der Waals surface area contributed by atoms with Gasteiger partial charge in [-0.2, -0.15) is 0 Å². The molecule has 2 heteroatoms. The fourth-order valence-corrected chi connectivity index (χ4v) is 4.81. The molecule has 0 aromatic heterocycles. The first-order chi connectivity index (χ1) is 17.8. The number of hydrogen-bond acceptors (Lipinski definition) is 1. The van der Waals surface area contributed by atoms with Crippen LogP contribution in [0.4, 0.5) is 4.39 Å². The highest BCUT2D eigenvalue weighted by Gasteiger charge is 2.31. The molecule has 1 nitrogen and oxygen atoms in total. The van der Waals surface area contributed by atoms with Crippen molar-refractivity contribution in [1.82, 2.24) is 0 Å². The van der Waals surface area contributed by atoms with E-state index < -0.39 is 6.17 Å². The lowest BCUT2D eigenvalue weighted by atomic mass is 9.69. The maximum atomic E-state index is 13.2. The second kappa shape index (κ2) is 17.6. The first-order valence-electron chi connectivity index (χ1n) is 15.0. The van der Waals surface area contributed by atoms with Gasteiger partial charge in [0.15, 0.2) is 0 Å². The number of benzene rings is 2. The van der Waals surface area contributed by atoms with E-state index in [4.69, 9.17) is 0 Å². The van der Waals surface area contributed by atoms with Gasteiger partial charge in [-0.15, -0.1) is 0 Å². The number of aliphatic hydroxyl groups excluding tert-OH is 1. The lowest BCUT2D eigenvalue weighted by Gasteiger charge is -2.34. The van der Waals surface area contributed by atoms with Gasteiger partial charge in [0.2, 0.25) is 0 Å². The summed E-state index contributed by atoms with van der Waals surface area (Å²) in [5, 5.41) is 10.2. The molecule has 37 heavy (non-hydrogen) atoms. The molecule has 1 aliphatic carbocycles. The second-order valence-electron chi connectivity index (χ2n) is 10.4. The van der Waals surface area contributed by atoms with Crippen molar-refractivity contribution in [2.24, 2.45) is 0 Å². The maximum absolute atomic E-state index is 13.2. The Morgan fingerprint density at radius 2 is 1.46 bits per heavy atom. The molecule has 1 saturated carbocycles. The van der Waals surface area contributed by atoms with Gasteiger partial charge in [0.05, 0.1) is 6.10 Å². The van der Waals surface area contributed by atoms with E-state index in [9.17, 15) is 9.50 Å². The minimum Gasteiger partial charge on any atom is -0.393 e. The molecule has 2 unspecified atom stereocenters. The Hall–Kier alpha value is -1.93. The Balaban J connectivity index is 0.00000124. The molecule has 1 N–H and O–H groups in total. The third kappa shape index (κ3) is 10.8. The van der Waals surface area contributed by atoms with E-state index in [1.165, 1.54) is 47.1 Å². The number of unbranched alkanes of at least 4 members (excludes halogenated alkanes) is 1. The molecule has 3 rings (SSSR count). The van der Waals surface area contributed by atoms with Crippen molar-refractivity contribution in [3.05, 3.63) is 75.9 Å². The average Bonchev–Trinajstić information content (AvgIpc) is 3.78. The normalized spacial score (nSPS) is 14.3. The summed E-state index contributed by atoms with van der Waals surface area (Å²) in [7, 11) is 0. The number of aryl methyl sites for hydroxylation is 3. The van der Waals surface area contributed by atoms with Gasteiger partial charge in [-0.25, -0.2) is 4.39 Å². The molecule has 208 valence electrons.